The van der Waals surface area contributed by atoms with E-state index in [-0.39, 0.29) is 12.0 Å². The zero-order chi connectivity index (χ0) is 35.2. The minimum Gasteiger partial charge on any atom is -0.494 e. The Morgan fingerprint density at radius 2 is 1.81 bits per heavy atom. The molecule has 0 aliphatic rings. The second-order valence-corrected chi connectivity index (χ2v) is 12.2. The number of ether oxygens (including phenoxy) is 2. The molecule has 1 heterocycles. The van der Waals surface area contributed by atoms with E-state index in [1.807, 2.05) is 39.5 Å². The van der Waals surface area contributed by atoms with Gasteiger partial charge in [0.05, 0.1) is 36.0 Å². The highest BCUT2D eigenvalue weighted by molar-refractivity contribution is 6.02. The van der Waals surface area contributed by atoms with E-state index in [0.717, 1.165) is 74.1 Å². The number of benzene rings is 2. The molecule has 0 bridgehead atoms. The monoisotopic (exact) mass is 656 g/mol. The van der Waals surface area contributed by atoms with Crippen LogP contribution in [-0.2, 0) is 22.4 Å². The van der Waals surface area contributed by atoms with Gasteiger partial charge in [0.2, 0.25) is 11.9 Å². The van der Waals surface area contributed by atoms with Crippen LogP contribution in [0.2, 0.25) is 0 Å². The lowest BCUT2D eigenvalue weighted by atomic mass is 9.87. The molecular formula is C39H56N6O3. The molecule has 1 unspecified atom stereocenters. The number of hydrogen-bond donors (Lipinski definition) is 2. The zero-order valence-corrected chi connectivity index (χ0v) is 30.6. The standard InChI is InChI=1S/C39H56N6O3/c1-11-16-19-27-20-17-21-30(29(27)18-12-2)28(13-3)38-31(35(14-4)47-9)26-40-39(43-38)42-33-24-32(41-37(46)15-5)34(25-36(33)48-10)45(8)23-22-44(6)7/h13,15,17,20-21,24-26,35H,5,11-12,14,16,18-19,22-23H2,1-4,6-10H3,(H,41,46)(H,40,42,43)/b28-13+. The molecule has 3 aromatic rings. The number of likely N-dealkylation sites (N-methyl/N-ethyl adjacent to an activating group) is 2. The van der Waals surface area contributed by atoms with Crippen LogP contribution in [0.5, 0.6) is 5.75 Å². The third-order valence-corrected chi connectivity index (χ3v) is 8.53. The van der Waals surface area contributed by atoms with Gasteiger partial charge in [-0.1, -0.05) is 64.5 Å². The summed E-state index contributed by atoms with van der Waals surface area (Å²) in [5, 5.41) is 6.37. The highest BCUT2D eigenvalue weighted by Crippen LogP contribution is 2.39. The molecule has 1 amide bonds. The minimum atomic E-state index is -0.303. The lowest BCUT2D eigenvalue weighted by Crippen LogP contribution is -2.29. The van der Waals surface area contributed by atoms with Crippen molar-refractivity contribution in [2.45, 2.75) is 72.3 Å². The van der Waals surface area contributed by atoms with Crippen molar-refractivity contribution in [3.8, 4) is 5.75 Å². The summed E-state index contributed by atoms with van der Waals surface area (Å²) in [4.78, 5) is 26.6. The summed E-state index contributed by atoms with van der Waals surface area (Å²) in [7, 11) is 9.41. The number of rotatable bonds is 19. The van der Waals surface area contributed by atoms with Crippen molar-refractivity contribution in [1.82, 2.24) is 14.9 Å². The number of nitrogens with one attached hydrogen (secondary N) is 2. The van der Waals surface area contributed by atoms with Crippen molar-refractivity contribution in [3.63, 3.8) is 0 Å². The second-order valence-electron chi connectivity index (χ2n) is 12.2. The van der Waals surface area contributed by atoms with Gasteiger partial charge < -0.3 is 29.9 Å². The number of amides is 1. The number of nitrogens with zero attached hydrogens (tertiary/aromatic N) is 4. The van der Waals surface area contributed by atoms with Crippen LogP contribution in [0.1, 0.15) is 87.4 Å². The summed E-state index contributed by atoms with van der Waals surface area (Å²) in [5.74, 6) is 0.699. The van der Waals surface area contributed by atoms with Crippen LogP contribution in [0, 0.1) is 0 Å². The number of allylic oxidation sites excluding steroid dienone is 1. The largest absolute Gasteiger partial charge is 0.494 e. The highest BCUT2D eigenvalue weighted by atomic mass is 16.5. The van der Waals surface area contributed by atoms with Gasteiger partial charge in [-0.3, -0.25) is 4.79 Å². The number of carbonyl (C=O) groups is 1. The van der Waals surface area contributed by atoms with Crippen molar-refractivity contribution in [2.75, 3.05) is 64.0 Å². The Kier molecular flexibility index (Phi) is 15.1. The molecule has 9 heteroatoms. The van der Waals surface area contributed by atoms with Gasteiger partial charge in [0.1, 0.15) is 5.75 Å². The second kappa shape index (κ2) is 19.0. The molecule has 48 heavy (non-hydrogen) atoms. The molecule has 0 aliphatic heterocycles. The lowest BCUT2D eigenvalue weighted by Gasteiger charge is -2.26. The summed E-state index contributed by atoms with van der Waals surface area (Å²) in [6, 6.07) is 10.4. The van der Waals surface area contributed by atoms with Crippen LogP contribution in [-0.4, -0.2) is 69.2 Å². The molecule has 0 saturated carbocycles. The summed E-state index contributed by atoms with van der Waals surface area (Å²) < 4.78 is 11.8. The maximum Gasteiger partial charge on any atom is 0.247 e. The van der Waals surface area contributed by atoms with Crippen molar-refractivity contribution in [2.24, 2.45) is 0 Å². The van der Waals surface area contributed by atoms with E-state index in [9.17, 15) is 4.79 Å². The van der Waals surface area contributed by atoms with Gasteiger partial charge in [0, 0.05) is 50.6 Å². The molecular weight excluding hydrogens is 600 g/mol. The first-order chi connectivity index (χ1) is 23.1. The fraction of sp³-hybridized carbons (Fsp3) is 0.462. The van der Waals surface area contributed by atoms with Crippen molar-refractivity contribution in [1.29, 1.82) is 0 Å². The third kappa shape index (κ3) is 9.67. The van der Waals surface area contributed by atoms with Gasteiger partial charge in [-0.05, 0) is 75.5 Å². The molecule has 0 saturated heterocycles. The lowest BCUT2D eigenvalue weighted by molar-refractivity contribution is -0.111. The molecule has 2 aromatic carbocycles. The Labute approximate surface area is 288 Å². The van der Waals surface area contributed by atoms with E-state index >= 15 is 0 Å². The van der Waals surface area contributed by atoms with Crippen molar-refractivity contribution < 1.29 is 14.3 Å². The van der Waals surface area contributed by atoms with E-state index in [4.69, 9.17) is 19.4 Å². The zero-order valence-electron chi connectivity index (χ0n) is 30.6. The number of aromatic nitrogens is 2. The van der Waals surface area contributed by atoms with E-state index in [1.54, 1.807) is 14.2 Å². The minimum absolute atomic E-state index is 0.172. The van der Waals surface area contributed by atoms with E-state index < -0.39 is 0 Å². The normalized spacial score (nSPS) is 12.2. The van der Waals surface area contributed by atoms with E-state index in [1.165, 1.54) is 22.8 Å². The number of carbonyl (C=O) groups excluding carboxylic acids is 1. The number of methoxy groups -OCH3 is 2. The summed E-state index contributed by atoms with van der Waals surface area (Å²) in [6.45, 7) is 13.9. The van der Waals surface area contributed by atoms with Crippen LogP contribution >= 0.6 is 0 Å². The van der Waals surface area contributed by atoms with Gasteiger partial charge in [0.25, 0.3) is 0 Å². The molecule has 1 aromatic heterocycles. The number of hydrogen-bond acceptors (Lipinski definition) is 8. The Morgan fingerprint density at radius 1 is 1.04 bits per heavy atom. The molecule has 0 radical (unpaired) electrons. The average molecular weight is 657 g/mol. The summed E-state index contributed by atoms with van der Waals surface area (Å²) >= 11 is 0. The molecule has 3 rings (SSSR count). The third-order valence-electron chi connectivity index (χ3n) is 8.53. The molecule has 1 atom stereocenters. The average Bonchev–Trinajstić information content (AvgIpc) is 3.08. The van der Waals surface area contributed by atoms with Gasteiger partial charge in [0.15, 0.2) is 0 Å². The van der Waals surface area contributed by atoms with Gasteiger partial charge in [-0.2, -0.15) is 0 Å². The van der Waals surface area contributed by atoms with Crippen LogP contribution < -0.4 is 20.3 Å². The van der Waals surface area contributed by atoms with Crippen LogP contribution in [0.15, 0.2) is 55.3 Å². The smallest absolute Gasteiger partial charge is 0.247 e. The maximum atomic E-state index is 12.5. The topological polar surface area (TPSA) is 91.8 Å². The molecule has 0 aliphatic carbocycles. The Hall–Kier alpha value is -4.21. The van der Waals surface area contributed by atoms with Crippen molar-refractivity contribution >= 4 is 34.5 Å². The number of unbranched alkanes of at least 4 members (excludes halogenated alkanes) is 1. The maximum absolute atomic E-state index is 12.5. The van der Waals surface area contributed by atoms with Crippen molar-refractivity contribution in [3.05, 3.63) is 83.2 Å². The fourth-order valence-corrected chi connectivity index (χ4v) is 5.90. The van der Waals surface area contributed by atoms with Crippen LogP contribution in [0.25, 0.3) is 5.57 Å². The van der Waals surface area contributed by atoms with E-state index in [0.29, 0.717) is 23.1 Å². The van der Waals surface area contributed by atoms with Gasteiger partial charge >= 0.3 is 0 Å². The van der Waals surface area contributed by atoms with E-state index in [2.05, 4.69) is 79.0 Å². The molecule has 9 nitrogen and oxygen atoms in total. The predicted molar refractivity (Wildman–Crippen MR) is 201 cm³/mol. The first kappa shape index (κ1) is 38.2. The predicted octanol–water partition coefficient (Wildman–Crippen LogP) is 8.20. The molecule has 0 fully saturated rings. The first-order valence-corrected chi connectivity index (χ1v) is 17.1. The van der Waals surface area contributed by atoms with Gasteiger partial charge in [-0.25, -0.2) is 9.97 Å². The SMILES string of the molecule is C=CC(=O)Nc1cc(Nc2ncc(C(CC)OC)c(/C(=C/C)c3cccc(CCCC)c3CCC)n2)c(OC)cc1N(C)CCN(C)C. The number of anilines is 4. The fourth-order valence-electron chi connectivity index (χ4n) is 5.90. The van der Waals surface area contributed by atoms with Crippen LogP contribution in [0.4, 0.5) is 23.0 Å². The highest BCUT2D eigenvalue weighted by Gasteiger charge is 2.23. The molecule has 2 N–H and O–H groups in total. The Bertz CT molecular complexity index is 1550. The van der Waals surface area contributed by atoms with Crippen LogP contribution in [0.3, 0.4) is 0 Å². The Balaban J connectivity index is 2.19. The molecule has 0 spiro atoms. The summed E-state index contributed by atoms with van der Waals surface area (Å²) in [5.41, 5.74) is 8.85. The van der Waals surface area contributed by atoms with Gasteiger partial charge in [-0.15, -0.1) is 0 Å². The summed E-state index contributed by atoms with van der Waals surface area (Å²) in [6.07, 6.45) is 11.3. The quantitative estimate of drug-likeness (QED) is 0.125. The number of aryl methyl sites for hydroxylation is 1. The first-order valence-electron chi connectivity index (χ1n) is 17.1. The molecule has 260 valence electrons. The Morgan fingerprint density at radius 3 is 2.42 bits per heavy atom.